The minimum absolute atomic E-state index is 0.189. The largest absolute Gasteiger partial charge is 0.310 e. The number of amides is 1. The molecule has 0 aromatic heterocycles. The lowest BCUT2D eigenvalue weighted by Gasteiger charge is -2.20. The Morgan fingerprint density at radius 1 is 1.38 bits per heavy atom. The Hall–Kier alpha value is -0.350. The Morgan fingerprint density at radius 3 is 2.56 bits per heavy atom. The van der Waals surface area contributed by atoms with Crippen LogP contribution in [0.4, 0.5) is 5.69 Å². The Kier molecular flexibility index (Phi) is 3.40. The van der Waals surface area contributed by atoms with Gasteiger partial charge in [0.15, 0.2) is 0 Å². The Bertz CT molecular complexity index is 422. The number of hydrogen-bond donors (Lipinski definition) is 0. The van der Waals surface area contributed by atoms with E-state index in [-0.39, 0.29) is 10.7 Å². The Labute approximate surface area is 112 Å². The molecule has 1 aromatic rings. The predicted octanol–water partition coefficient (Wildman–Crippen LogP) is 3.57. The summed E-state index contributed by atoms with van der Waals surface area (Å²) in [5.41, 5.74) is 3.36. The van der Waals surface area contributed by atoms with E-state index in [4.69, 9.17) is 0 Å². The van der Waals surface area contributed by atoms with E-state index in [1.54, 1.807) is 0 Å². The van der Waals surface area contributed by atoms with Crippen LogP contribution in [0.15, 0.2) is 16.6 Å². The third-order valence-electron chi connectivity index (χ3n) is 2.75. The zero-order valence-electron chi connectivity index (χ0n) is 9.26. The number of hydrogen-bond acceptors (Lipinski definition) is 1. The number of anilines is 1. The van der Waals surface area contributed by atoms with Gasteiger partial charge in [-0.2, -0.15) is 0 Å². The number of alkyl halides is 1. The van der Waals surface area contributed by atoms with Crippen LogP contribution in [0.25, 0.3) is 0 Å². The maximum absolute atomic E-state index is 11.8. The van der Waals surface area contributed by atoms with E-state index >= 15 is 0 Å². The monoisotopic (exact) mass is 345 g/mol. The first-order valence-electron chi connectivity index (χ1n) is 5.20. The fourth-order valence-electron chi connectivity index (χ4n) is 2.13. The molecule has 0 spiro atoms. The number of nitrogens with zero attached hydrogens (tertiary/aromatic N) is 1. The third kappa shape index (κ3) is 2.18. The highest BCUT2D eigenvalue weighted by Gasteiger charge is 2.30. The number of benzene rings is 1. The van der Waals surface area contributed by atoms with Crippen LogP contribution >= 0.6 is 31.9 Å². The van der Waals surface area contributed by atoms with E-state index in [9.17, 15) is 4.79 Å². The Morgan fingerprint density at radius 2 is 2.06 bits per heavy atom. The van der Waals surface area contributed by atoms with Crippen molar-refractivity contribution in [3.8, 4) is 0 Å². The molecule has 1 fully saturated rings. The predicted molar refractivity (Wildman–Crippen MR) is 73.3 cm³/mol. The summed E-state index contributed by atoms with van der Waals surface area (Å²) in [4.78, 5) is 14.0. The van der Waals surface area contributed by atoms with Gasteiger partial charge < -0.3 is 4.90 Å². The zero-order chi connectivity index (χ0) is 11.9. The lowest BCUT2D eigenvalue weighted by atomic mass is 10.1. The van der Waals surface area contributed by atoms with Gasteiger partial charge in [-0.05, 0) is 47.0 Å². The molecule has 1 aliphatic rings. The van der Waals surface area contributed by atoms with Crippen molar-refractivity contribution in [3.05, 3.63) is 27.7 Å². The van der Waals surface area contributed by atoms with Crippen LogP contribution in [0, 0.1) is 13.8 Å². The highest BCUT2D eigenvalue weighted by Crippen LogP contribution is 2.35. The molecule has 0 aliphatic carbocycles. The molecule has 0 saturated carbocycles. The molecule has 1 saturated heterocycles. The van der Waals surface area contributed by atoms with E-state index in [1.165, 1.54) is 5.56 Å². The highest BCUT2D eigenvalue weighted by molar-refractivity contribution is 9.10. The van der Waals surface area contributed by atoms with Crippen LogP contribution < -0.4 is 4.90 Å². The average Bonchev–Trinajstić information content (AvgIpc) is 2.43. The second-order valence-electron chi connectivity index (χ2n) is 4.22. The molecule has 4 heteroatoms. The van der Waals surface area contributed by atoms with Crippen molar-refractivity contribution in [1.82, 2.24) is 0 Å². The summed E-state index contributed by atoms with van der Waals surface area (Å²) in [5, 5.41) is 0. The lowest BCUT2D eigenvalue weighted by molar-refractivity contribution is -0.117. The van der Waals surface area contributed by atoms with Gasteiger partial charge in [0, 0.05) is 22.3 Å². The summed E-state index contributed by atoms with van der Waals surface area (Å²) >= 11 is 7.05. The smallest absolute Gasteiger partial charge is 0.228 e. The van der Waals surface area contributed by atoms with Crippen LogP contribution in [0.5, 0.6) is 0 Å². The maximum atomic E-state index is 11.8. The quantitative estimate of drug-likeness (QED) is 0.712. The molecule has 1 heterocycles. The van der Waals surface area contributed by atoms with Crippen molar-refractivity contribution in [3.63, 3.8) is 0 Å². The molecule has 16 heavy (non-hydrogen) atoms. The van der Waals surface area contributed by atoms with Gasteiger partial charge in [0.25, 0.3) is 0 Å². The van der Waals surface area contributed by atoms with Crippen molar-refractivity contribution in [2.45, 2.75) is 25.1 Å². The maximum Gasteiger partial charge on any atom is 0.228 e. The number of aryl methyl sites for hydroxylation is 2. The van der Waals surface area contributed by atoms with E-state index in [0.29, 0.717) is 6.42 Å². The fourth-order valence-corrected chi connectivity index (χ4v) is 3.58. The molecule has 1 aromatic carbocycles. The van der Waals surface area contributed by atoms with Gasteiger partial charge >= 0.3 is 0 Å². The van der Waals surface area contributed by atoms with Crippen molar-refractivity contribution < 1.29 is 4.79 Å². The molecule has 2 rings (SSSR count). The molecule has 86 valence electrons. The van der Waals surface area contributed by atoms with Gasteiger partial charge in [-0.1, -0.05) is 22.0 Å². The molecule has 1 atom stereocenters. The van der Waals surface area contributed by atoms with Crippen molar-refractivity contribution in [1.29, 1.82) is 0 Å². The first-order chi connectivity index (χ1) is 7.49. The molecule has 0 radical (unpaired) electrons. The standard InChI is InChI=1S/C12H13Br2NO/c1-7-3-8(2)12(10(14)4-7)15-6-9(13)5-11(15)16/h3-4,9H,5-6H2,1-2H3. The van der Waals surface area contributed by atoms with E-state index in [2.05, 4.69) is 50.9 Å². The summed E-state index contributed by atoms with van der Waals surface area (Å²) in [6.07, 6.45) is 0.583. The second-order valence-corrected chi connectivity index (χ2v) is 6.37. The summed E-state index contributed by atoms with van der Waals surface area (Å²) in [5.74, 6) is 0.189. The van der Waals surface area contributed by atoms with Crippen molar-refractivity contribution >= 4 is 43.5 Å². The molecule has 2 nitrogen and oxygen atoms in total. The van der Waals surface area contributed by atoms with Crippen LogP contribution in [0.2, 0.25) is 0 Å². The van der Waals surface area contributed by atoms with Gasteiger partial charge in [-0.15, -0.1) is 0 Å². The lowest BCUT2D eigenvalue weighted by Crippen LogP contribution is -2.25. The van der Waals surface area contributed by atoms with Crippen molar-refractivity contribution in [2.75, 3.05) is 11.4 Å². The average molecular weight is 347 g/mol. The van der Waals surface area contributed by atoms with Gasteiger partial charge in [0.1, 0.15) is 0 Å². The van der Waals surface area contributed by atoms with Crippen LogP contribution in [0.1, 0.15) is 17.5 Å². The number of carbonyl (C=O) groups is 1. The topological polar surface area (TPSA) is 20.3 Å². The normalized spacial score (nSPS) is 20.6. The second kappa shape index (κ2) is 4.49. The van der Waals surface area contributed by atoms with Gasteiger partial charge in [0.05, 0.1) is 5.69 Å². The first kappa shape index (κ1) is 12.1. The van der Waals surface area contributed by atoms with Gasteiger partial charge in [0.2, 0.25) is 5.91 Å². The van der Waals surface area contributed by atoms with Gasteiger partial charge in [-0.25, -0.2) is 0 Å². The molecular formula is C12H13Br2NO. The molecule has 1 amide bonds. The summed E-state index contributed by atoms with van der Waals surface area (Å²) in [6, 6.07) is 4.16. The van der Waals surface area contributed by atoms with Gasteiger partial charge in [-0.3, -0.25) is 4.79 Å². The molecular weight excluding hydrogens is 334 g/mol. The molecule has 0 bridgehead atoms. The number of rotatable bonds is 1. The molecule has 1 aliphatic heterocycles. The first-order valence-corrected chi connectivity index (χ1v) is 6.91. The summed E-state index contributed by atoms with van der Waals surface area (Å²) in [7, 11) is 0. The molecule has 1 unspecified atom stereocenters. The molecule has 0 N–H and O–H groups in total. The van der Waals surface area contributed by atoms with Crippen LogP contribution in [0.3, 0.4) is 0 Å². The fraction of sp³-hybridized carbons (Fsp3) is 0.417. The van der Waals surface area contributed by atoms with E-state index < -0.39 is 0 Å². The van der Waals surface area contributed by atoms with Crippen LogP contribution in [-0.4, -0.2) is 17.3 Å². The van der Waals surface area contributed by atoms with Crippen LogP contribution in [-0.2, 0) is 4.79 Å². The SMILES string of the molecule is Cc1cc(C)c(N2CC(Br)CC2=O)c(Br)c1. The summed E-state index contributed by atoms with van der Waals surface area (Å²) < 4.78 is 1.000. The summed E-state index contributed by atoms with van der Waals surface area (Å²) in [6.45, 7) is 4.85. The zero-order valence-corrected chi connectivity index (χ0v) is 12.4. The minimum Gasteiger partial charge on any atom is -0.310 e. The third-order valence-corrected chi connectivity index (χ3v) is 3.96. The Balaban J connectivity index is 2.44. The minimum atomic E-state index is 0.189. The van der Waals surface area contributed by atoms with E-state index in [1.807, 2.05) is 11.8 Å². The number of halogens is 2. The van der Waals surface area contributed by atoms with E-state index in [0.717, 1.165) is 22.3 Å². The van der Waals surface area contributed by atoms with Crippen molar-refractivity contribution in [2.24, 2.45) is 0 Å². The number of carbonyl (C=O) groups excluding carboxylic acids is 1. The highest BCUT2D eigenvalue weighted by atomic mass is 79.9.